The van der Waals surface area contributed by atoms with Crippen molar-refractivity contribution in [3.63, 3.8) is 0 Å². The third-order valence-corrected chi connectivity index (χ3v) is 2.28. The molecule has 0 aromatic carbocycles. The van der Waals surface area contributed by atoms with Gasteiger partial charge in [-0.2, -0.15) is 0 Å². The normalized spacial score (nSPS) is 9.94. The van der Waals surface area contributed by atoms with E-state index in [1.54, 1.807) is 6.92 Å². The minimum absolute atomic E-state index is 0.0519. The van der Waals surface area contributed by atoms with Crippen LogP contribution in [0.2, 0.25) is 0 Å². The van der Waals surface area contributed by atoms with Gasteiger partial charge in [0.05, 0.1) is 0 Å². The van der Waals surface area contributed by atoms with E-state index >= 15 is 0 Å². The van der Waals surface area contributed by atoms with E-state index in [1.165, 1.54) is 0 Å². The highest BCUT2D eigenvalue weighted by atomic mass is 16.2. The number of unbranched alkanes of at least 4 members (excludes halogenated alkanes) is 3. The monoisotopic (exact) mass is 242 g/mol. The Morgan fingerprint density at radius 1 is 1.06 bits per heavy atom. The van der Waals surface area contributed by atoms with Crippen molar-refractivity contribution < 1.29 is 14.4 Å². The number of carbonyl (C=O) groups is 3. The van der Waals surface area contributed by atoms with Crippen molar-refractivity contribution in [1.82, 2.24) is 10.9 Å². The summed E-state index contributed by atoms with van der Waals surface area (Å²) in [6.07, 6.45) is 5.66. The molecular weight excluding hydrogens is 220 g/mol. The van der Waals surface area contributed by atoms with E-state index in [0.29, 0.717) is 25.8 Å². The Balaban J connectivity index is 3.23. The molecule has 17 heavy (non-hydrogen) atoms. The lowest BCUT2D eigenvalue weighted by Gasteiger charge is -2.06. The minimum Gasteiger partial charge on any atom is -0.303 e. The van der Waals surface area contributed by atoms with Gasteiger partial charge in [-0.15, -0.1) is 0 Å². The van der Waals surface area contributed by atoms with Crippen molar-refractivity contribution in [2.75, 3.05) is 6.54 Å². The number of rotatable bonds is 11. The maximum absolute atomic E-state index is 11.3. The van der Waals surface area contributed by atoms with Crippen molar-refractivity contribution in [3.8, 4) is 0 Å². The Morgan fingerprint density at radius 2 is 1.76 bits per heavy atom. The largest absolute Gasteiger partial charge is 0.303 e. The molecule has 0 aromatic heterocycles. The molecule has 0 spiro atoms. The molecule has 0 aromatic rings. The first-order valence-corrected chi connectivity index (χ1v) is 6.11. The fourth-order valence-electron chi connectivity index (χ4n) is 1.32. The molecule has 0 saturated carbocycles. The Morgan fingerprint density at radius 3 is 2.41 bits per heavy atom. The van der Waals surface area contributed by atoms with Crippen LogP contribution in [0, 0.1) is 0 Å². The molecule has 0 radical (unpaired) electrons. The van der Waals surface area contributed by atoms with Crippen molar-refractivity contribution in [3.05, 3.63) is 0 Å². The maximum Gasteiger partial charge on any atom is 0.234 e. The lowest BCUT2D eigenvalue weighted by molar-refractivity contribution is -0.122. The van der Waals surface area contributed by atoms with Crippen LogP contribution in [0.4, 0.5) is 0 Å². The molecule has 0 atom stereocenters. The highest BCUT2D eigenvalue weighted by Crippen LogP contribution is 1.99. The van der Waals surface area contributed by atoms with Gasteiger partial charge in [0.25, 0.3) is 0 Å². The Labute approximate surface area is 102 Å². The second-order valence-electron chi connectivity index (χ2n) is 4.05. The summed E-state index contributed by atoms with van der Waals surface area (Å²) in [6, 6.07) is 0. The van der Waals surface area contributed by atoms with E-state index in [-0.39, 0.29) is 11.7 Å². The van der Waals surface area contributed by atoms with E-state index < -0.39 is 0 Å². The number of hydrogen-bond acceptors (Lipinski definition) is 4. The lowest BCUT2D eigenvalue weighted by atomic mass is 10.1. The summed E-state index contributed by atoms with van der Waals surface area (Å²) in [7, 11) is 0. The summed E-state index contributed by atoms with van der Waals surface area (Å²) in [5, 5.41) is 0. The SMILES string of the molecule is CC(=O)CCCCC(=O)NNCCCCC=O. The fourth-order valence-corrected chi connectivity index (χ4v) is 1.32. The Hall–Kier alpha value is -1.23. The summed E-state index contributed by atoms with van der Waals surface area (Å²) in [5.41, 5.74) is 5.40. The zero-order valence-corrected chi connectivity index (χ0v) is 10.5. The number of ketones is 1. The molecule has 0 heterocycles. The molecule has 0 aliphatic carbocycles. The number of aldehydes is 1. The van der Waals surface area contributed by atoms with Crippen LogP contribution in [0.5, 0.6) is 0 Å². The lowest BCUT2D eigenvalue weighted by Crippen LogP contribution is -2.37. The molecule has 0 rings (SSSR count). The molecule has 1 amide bonds. The fraction of sp³-hybridized carbons (Fsp3) is 0.750. The van der Waals surface area contributed by atoms with Crippen LogP contribution in [0.15, 0.2) is 0 Å². The zero-order valence-electron chi connectivity index (χ0n) is 10.5. The number of Topliss-reactive ketones (excluding diaryl/α,β-unsaturated/α-hetero) is 1. The van der Waals surface area contributed by atoms with Gasteiger partial charge >= 0.3 is 0 Å². The van der Waals surface area contributed by atoms with Gasteiger partial charge in [-0.05, 0) is 32.6 Å². The van der Waals surface area contributed by atoms with Gasteiger partial charge in [0.1, 0.15) is 12.1 Å². The molecule has 0 aliphatic rings. The van der Waals surface area contributed by atoms with Gasteiger partial charge in [0.15, 0.2) is 0 Å². The molecule has 2 N–H and O–H groups in total. The minimum atomic E-state index is -0.0519. The average Bonchev–Trinajstić information content (AvgIpc) is 2.29. The molecule has 5 heteroatoms. The van der Waals surface area contributed by atoms with E-state index in [0.717, 1.165) is 32.0 Å². The van der Waals surface area contributed by atoms with Crippen LogP contribution in [-0.2, 0) is 14.4 Å². The molecule has 98 valence electrons. The number of nitrogens with one attached hydrogen (secondary N) is 2. The smallest absolute Gasteiger partial charge is 0.234 e. The number of carbonyl (C=O) groups excluding carboxylic acids is 3. The molecule has 0 saturated heterocycles. The van der Waals surface area contributed by atoms with Crippen molar-refractivity contribution in [2.24, 2.45) is 0 Å². The van der Waals surface area contributed by atoms with Gasteiger partial charge in [-0.25, -0.2) is 5.43 Å². The van der Waals surface area contributed by atoms with Crippen molar-refractivity contribution >= 4 is 18.0 Å². The second-order valence-corrected chi connectivity index (χ2v) is 4.05. The molecule has 0 bridgehead atoms. The van der Waals surface area contributed by atoms with Gasteiger partial charge < -0.3 is 9.59 Å². The molecule has 0 aliphatic heterocycles. The topological polar surface area (TPSA) is 75.3 Å². The predicted molar refractivity (Wildman–Crippen MR) is 65.2 cm³/mol. The third-order valence-electron chi connectivity index (χ3n) is 2.28. The zero-order chi connectivity index (χ0) is 12.9. The van der Waals surface area contributed by atoms with Crippen LogP contribution in [0.3, 0.4) is 0 Å². The van der Waals surface area contributed by atoms with Crippen LogP contribution < -0.4 is 10.9 Å². The van der Waals surface area contributed by atoms with Crippen LogP contribution in [0.25, 0.3) is 0 Å². The second kappa shape index (κ2) is 11.3. The van der Waals surface area contributed by atoms with Gasteiger partial charge in [0.2, 0.25) is 5.91 Å². The third kappa shape index (κ3) is 12.7. The quantitative estimate of drug-likeness (QED) is 0.323. The molecule has 0 fully saturated rings. The first-order chi connectivity index (χ1) is 8.16. The van der Waals surface area contributed by atoms with Gasteiger partial charge in [0, 0.05) is 25.8 Å². The Bertz CT molecular complexity index is 242. The van der Waals surface area contributed by atoms with Crippen LogP contribution >= 0.6 is 0 Å². The van der Waals surface area contributed by atoms with Gasteiger partial charge in [-0.3, -0.25) is 10.2 Å². The van der Waals surface area contributed by atoms with Crippen LogP contribution in [-0.4, -0.2) is 24.5 Å². The number of amides is 1. The van der Waals surface area contributed by atoms with Crippen molar-refractivity contribution in [2.45, 2.75) is 51.9 Å². The summed E-state index contributed by atoms with van der Waals surface area (Å²) in [5.74, 6) is 0.114. The number of hydrazine groups is 1. The first kappa shape index (κ1) is 15.8. The van der Waals surface area contributed by atoms with E-state index in [2.05, 4.69) is 10.9 Å². The van der Waals surface area contributed by atoms with Gasteiger partial charge in [-0.1, -0.05) is 0 Å². The molecule has 5 nitrogen and oxygen atoms in total. The van der Waals surface area contributed by atoms with E-state index in [9.17, 15) is 14.4 Å². The maximum atomic E-state index is 11.3. The Kier molecular flexibility index (Phi) is 10.4. The highest BCUT2D eigenvalue weighted by Gasteiger charge is 2.00. The summed E-state index contributed by atoms with van der Waals surface area (Å²) < 4.78 is 0. The van der Waals surface area contributed by atoms with E-state index in [1.807, 2.05) is 0 Å². The summed E-state index contributed by atoms with van der Waals surface area (Å²) >= 11 is 0. The number of hydrogen-bond donors (Lipinski definition) is 2. The first-order valence-electron chi connectivity index (χ1n) is 6.11. The molecular formula is C12H22N2O3. The predicted octanol–water partition coefficient (Wildman–Crippen LogP) is 1.13. The summed E-state index contributed by atoms with van der Waals surface area (Å²) in [6.45, 7) is 2.23. The average molecular weight is 242 g/mol. The van der Waals surface area contributed by atoms with E-state index in [4.69, 9.17) is 0 Å². The standard InChI is InChI=1S/C12H22N2O3/c1-11(16)7-3-4-8-12(17)14-13-9-5-2-6-10-15/h10,13H,2-9H2,1H3,(H,14,17). The highest BCUT2D eigenvalue weighted by molar-refractivity contribution is 5.76. The van der Waals surface area contributed by atoms with Crippen molar-refractivity contribution in [1.29, 1.82) is 0 Å². The summed E-state index contributed by atoms with van der Waals surface area (Å²) in [4.78, 5) is 31.9. The molecule has 0 unspecified atom stereocenters. The van der Waals surface area contributed by atoms with Crippen LogP contribution in [0.1, 0.15) is 51.9 Å².